The Bertz CT molecular complexity index is 1420. The van der Waals surface area contributed by atoms with Crippen molar-refractivity contribution >= 4 is 15.9 Å². The van der Waals surface area contributed by atoms with Crippen LogP contribution in [0.2, 0.25) is 0 Å². The summed E-state index contributed by atoms with van der Waals surface area (Å²) in [5, 5.41) is 0. The Hall–Kier alpha value is -3.42. The standard InChI is InChI=1S/C31H21Br/c32-29-20-23(18-19-24(29)21-10-3-1-4-11-21)25-16-9-17-28-26-14-7-8-15-27(26)30(31(25)28)22-12-5-2-6-13-22/h1-20,30H. The molecule has 0 N–H and O–H groups in total. The van der Waals surface area contributed by atoms with Gasteiger partial charge in [-0.1, -0.05) is 131 Å². The first-order chi connectivity index (χ1) is 15.8. The molecule has 0 saturated heterocycles. The van der Waals surface area contributed by atoms with Crippen molar-refractivity contribution in [2.45, 2.75) is 5.92 Å². The van der Waals surface area contributed by atoms with E-state index in [4.69, 9.17) is 0 Å². The summed E-state index contributed by atoms with van der Waals surface area (Å²) in [7, 11) is 0. The Kier molecular flexibility index (Phi) is 4.78. The largest absolute Gasteiger partial charge is 0.0622 e. The monoisotopic (exact) mass is 472 g/mol. The van der Waals surface area contributed by atoms with Gasteiger partial charge < -0.3 is 0 Å². The average Bonchev–Trinajstić information content (AvgIpc) is 3.20. The number of hydrogen-bond acceptors (Lipinski definition) is 0. The van der Waals surface area contributed by atoms with Crippen LogP contribution in [0.3, 0.4) is 0 Å². The number of hydrogen-bond donors (Lipinski definition) is 0. The van der Waals surface area contributed by atoms with Crippen LogP contribution in [-0.2, 0) is 0 Å². The molecule has 0 spiro atoms. The van der Waals surface area contributed by atoms with Gasteiger partial charge in [0.1, 0.15) is 0 Å². The van der Waals surface area contributed by atoms with Gasteiger partial charge in [0.2, 0.25) is 0 Å². The highest BCUT2D eigenvalue weighted by molar-refractivity contribution is 9.10. The van der Waals surface area contributed by atoms with E-state index in [1.807, 2.05) is 0 Å². The molecule has 0 saturated carbocycles. The third-order valence-electron chi connectivity index (χ3n) is 6.45. The Morgan fingerprint density at radius 3 is 1.91 bits per heavy atom. The van der Waals surface area contributed by atoms with Gasteiger partial charge in [0, 0.05) is 10.4 Å². The second-order valence-corrected chi connectivity index (χ2v) is 9.11. The Morgan fingerprint density at radius 2 is 1.12 bits per heavy atom. The highest BCUT2D eigenvalue weighted by atomic mass is 79.9. The van der Waals surface area contributed by atoms with Crippen LogP contribution in [0.5, 0.6) is 0 Å². The summed E-state index contributed by atoms with van der Waals surface area (Å²) in [5.41, 5.74) is 11.8. The lowest BCUT2D eigenvalue weighted by atomic mass is 9.85. The minimum absolute atomic E-state index is 0.242. The third kappa shape index (κ3) is 3.13. The number of rotatable bonds is 3. The molecule has 0 amide bonds. The van der Waals surface area contributed by atoms with Crippen molar-refractivity contribution in [1.29, 1.82) is 0 Å². The fraction of sp³-hybridized carbons (Fsp3) is 0.0323. The molecule has 0 aromatic heterocycles. The van der Waals surface area contributed by atoms with E-state index in [-0.39, 0.29) is 5.92 Å². The van der Waals surface area contributed by atoms with E-state index in [0.29, 0.717) is 0 Å². The smallest absolute Gasteiger partial charge is 0.0358 e. The molecule has 152 valence electrons. The van der Waals surface area contributed by atoms with E-state index in [2.05, 4.69) is 137 Å². The Balaban J connectivity index is 1.55. The summed E-state index contributed by atoms with van der Waals surface area (Å²) >= 11 is 3.85. The molecule has 6 rings (SSSR count). The molecule has 5 aromatic rings. The lowest BCUT2D eigenvalue weighted by Gasteiger charge is -2.19. The fourth-order valence-corrected chi connectivity index (χ4v) is 5.65. The normalized spacial score (nSPS) is 14.1. The Morgan fingerprint density at radius 1 is 0.469 bits per heavy atom. The number of halogens is 1. The molecule has 0 aliphatic heterocycles. The first kappa shape index (κ1) is 19.3. The molecule has 32 heavy (non-hydrogen) atoms. The Labute approximate surface area is 197 Å². The van der Waals surface area contributed by atoms with Crippen LogP contribution >= 0.6 is 15.9 Å². The van der Waals surface area contributed by atoms with Crippen LogP contribution < -0.4 is 0 Å². The molecule has 0 nitrogen and oxygen atoms in total. The van der Waals surface area contributed by atoms with Gasteiger partial charge in [0.05, 0.1) is 0 Å². The highest BCUT2D eigenvalue weighted by Crippen LogP contribution is 2.51. The second kappa shape index (κ2) is 7.93. The minimum Gasteiger partial charge on any atom is -0.0622 e. The van der Waals surface area contributed by atoms with E-state index in [1.54, 1.807) is 0 Å². The van der Waals surface area contributed by atoms with E-state index in [0.717, 1.165) is 4.47 Å². The van der Waals surface area contributed by atoms with Gasteiger partial charge in [-0.3, -0.25) is 0 Å². The molecule has 1 heteroatoms. The number of benzene rings is 5. The van der Waals surface area contributed by atoms with Gasteiger partial charge in [-0.15, -0.1) is 0 Å². The van der Waals surface area contributed by atoms with Gasteiger partial charge in [-0.2, -0.15) is 0 Å². The van der Waals surface area contributed by atoms with Crippen LogP contribution in [0.4, 0.5) is 0 Å². The van der Waals surface area contributed by atoms with E-state index < -0.39 is 0 Å². The molecule has 0 fully saturated rings. The lowest BCUT2D eigenvalue weighted by molar-refractivity contribution is 1.02. The predicted octanol–water partition coefficient (Wildman–Crippen LogP) is 8.94. The molecule has 5 aromatic carbocycles. The van der Waals surface area contributed by atoms with Crippen molar-refractivity contribution in [3.05, 3.63) is 142 Å². The SMILES string of the molecule is Brc1cc(-c2cccc3c2C(c2ccccc2)c2ccccc2-3)ccc1-c1ccccc1. The summed E-state index contributed by atoms with van der Waals surface area (Å²) < 4.78 is 1.12. The van der Waals surface area contributed by atoms with Gasteiger partial charge in [0.15, 0.2) is 0 Å². The van der Waals surface area contributed by atoms with Crippen LogP contribution in [-0.4, -0.2) is 0 Å². The maximum absolute atomic E-state index is 3.85. The zero-order valence-electron chi connectivity index (χ0n) is 17.5. The molecule has 0 bridgehead atoms. The van der Waals surface area contributed by atoms with Gasteiger partial charge in [0.25, 0.3) is 0 Å². The maximum atomic E-state index is 3.85. The van der Waals surface area contributed by atoms with Crippen molar-refractivity contribution in [3.8, 4) is 33.4 Å². The number of fused-ring (bicyclic) bond motifs is 3. The zero-order chi connectivity index (χ0) is 21.5. The van der Waals surface area contributed by atoms with Crippen molar-refractivity contribution in [3.63, 3.8) is 0 Å². The first-order valence-electron chi connectivity index (χ1n) is 10.9. The lowest BCUT2D eigenvalue weighted by Crippen LogP contribution is -2.01. The van der Waals surface area contributed by atoms with Gasteiger partial charge in [-0.25, -0.2) is 0 Å². The summed E-state index contributed by atoms with van der Waals surface area (Å²) in [4.78, 5) is 0. The van der Waals surface area contributed by atoms with Crippen molar-refractivity contribution in [1.82, 2.24) is 0 Å². The highest BCUT2D eigenvalue weighted by Gasteiger charge is 2.32. The first-order valence-corrected chi connectivity index (χ1v) is 11.7. The van der Waals surface area contributed by atoms with Crippen molar-refractivity contribution < 1.29 is 0 Å². The van der Waals surface area contributed by atoms with Crippen LogP contribution in [0.25, 0.3) is 33.4 Å². The summed E-state index contributed by atoms with van der Waals surface area (Å²) in [6.07, 6.45) is 0. The fourth-order valence-electron chi connectivity index (χ4n) is 5.04. The predicted molar refractivity (Wildman–Crippen MR) is 138 cm³/mol. The molecule has 1 aliphatic rings. The van der Waals surface area contributed by atoms with Crippen LogP contribution in [0.1, 0.15) is 22.6 Å². The summed E-state index contributed by atoms with van der Waals surface area (Å²) in [5.74, 6) is 0.242. The van der Waals surface area contributed by atoms with E-state index in [1.165, 1.54) is 50.1 Å². The van der Waals surface area contributed by atoms with Crippen LogP contribution in [0, 0.1) is 0 Å². The molecular weight excluding hydrogens is 452 g/mol. The molecular formula is C31H21Br. The quantitative estimate of drug-likeness (QED) is 0.241. The van der Waals surface area contributed by atoms with E-state index in [9.17, 15) is 0 Å². The summed E-state index contributed by atoms with van der Waals surface area (Å²) in [6, 6.07) is 43.8. The van der Waals surface area contributed by atoms with Gasteiger partial charge in [-0.05, 0) is 56.1 Å². The zero-order valence-corrected chi connectivity index (χ0v) is 19.1. The topological polar surface area (TPSA) is 0 Å². The molecule has 0 heterocycles. The summed E-state index contributed by atoms with van der Waals surface area (Å²) in [6.45, 7) is 0. The van der Waals surface area contributed by atoms with Crippen molar-refractivity contribution in [2.24, 2.45) is 0 Å². The third-order valence-corrected chi connectivity index (χ3v) is 7.11. The second-order valence-electron chi connectivity index (χ2n) is 8.26. The van der Waals surface area contributed by atoms with Gasteiger partial charge >= 0.3 is 0 Å². The molecule has 1 aliphatic carbocycles. The maximum Gasteiger partial charge on any atom is 0.0358 e. The average molecular weight is 473 g/mol. The van der Waals surface area contributed by atoms with Crippen molar-refractivity contribution in [2.75, 3.05) is 0 Å². The van der Waals surface area contributed by atoms with E-state index >= 15 is 0 Å². The molecule has 0 radical (unpaired) electrons. The van der Waals surface area contributed by atoms with Crippen LogP contribution in [0.15, 0.2) is 126 Å². The minimum atomic E-state index is 0.242. The molecule has 1 atom stereocenters. The molecule has 1 unspecified atom stereocenters.